The molecule has 1 heterocycles. The number of aryl methyl sites for hydroxylation is 1. The predicted molar refractivity (Wildman–Crippen MR) is 144 cm³/mol. The highest BCUT2D eigenvalue weighted by molar-refractivity contribution is 7.89. The Balaban J connectivity index is 1.14. The van der Waals surface area contributed by atoms with Gasteiger partial charge in [-0.1, -0.05) is 12.8 Å². The summed E-state index contributed by atoms with van der Waals surface area (Å²) in [5.74, 6) is 1.96. The van der Waals surface area contributed by atoms with E-state index in [0.717, 1.165) is 30.6 Å². The van der Waals surface area contributed by atoms with Crippen LogP contribution in [0.2, 0.25) is 0 Å². The third kappa shape index (κ3) is 7.25. The van der Waals surface area contributed by atoms with Gasteiger partial charge in [-0.2, -0.15) is 4.31 Å². The number of sulfonamides is 1. The van der Waals surface area contributed by atoms with Crippen LogP contribution in [0, 0.1) is 18.8 Å². The van der Waals surface area contributed by atoms with E-state index in [4.69, 9.17) is 9.47 Å². The molecule has 0 unspecified atom stereocenters. The van der Waals surface area contributed by atoms with Crippen molar-refractivity contribution in [3.63, 3.8) is 0 Å². The lowest BCUT2D eigenvalue weighted by molar-refractivity contribution is -0.135. The zero-order valence-electron chi connectivity index (χ0n) is 22.8. The van der Waals surface area contributed by atoms with Gasteiger partial charge in [0.25, 0.3) is 0 Å². The van der Waals surface area contributed by atoms with E-state index >= 15 is 0 Å². The second-order valence-electron chi connectivity index (χ2n) is 11.2. The maximum Gasteiger partial charge on any atom is 0.248 e. The van der Waals surface area contributed by atoms with Crippen LogP contribution < -0.4 is 10.1 Å². The summed E-state index contributed by atoms with van der Waals surface area (Å²) in [5.41, 5.74) is 1.49. The van der Waals surface area contributed by atoms with Crippen LogP contribution in [0.1, 0.15) is 62.5 Å². The van der Waals surface area contributed by atoms with Crippen LogP contribution in [0.4, 0.5) is 0 Å². The summed E-state index contributed by atoms with van der Waals surface area (Å²) in [6.07, 6.45) is 10.9. The van der Waals surface area contributed by atoms with Crippen molar-refractivity contribution in [2.45, 2.75) is 75.6 Å². The molecule has 0 bridgehead atoms. The molecule has 208 valence electrons. The molecule has 0 atom stereocenters. The van der Waals surface area contributed by atoms with Crippen molar-refractivity contribution in [1.82, 2.24) is 14.5 Å². The van der Waals surface area contributed by atoms with Crippen molar-refractivity contribution in [3.05, 3.63) is 23.3 Å². The molecule has 1 amide bonds. The maximum atomic E-state index is 13.2. The van der Waals surface area contributed by atoms with Crippen molar-refractivity contribution in [3.8, 4) is 5.75 Å². The molecule has 2 saturated carbocycles. The Labute approximate surface area is 223 Å². The zero-order chi connectivity index (χ0) is 26.4. The fourth-order valence-electron chi connectivity index (χ4n) is 6.22. The normalized spacial score (nSPS) is 24.1. The second kappa shape index (κ2) is 12.9. The number of fused-ring (bicyclic) bond motifs is 1. The first-order valence-electron chi connectivity index (χ1n) is 14.0. The summed E-state index contributed by atoms with van der Waals surface area (Å²) in [6, 6.07) is 4.30. The van der Waals surface area contributed by atoms with E-state index < -0.39 is 10.0 Å². The van der Waals surface area contributed by atoms with Crippen LogP contribution >= 0.6 is 0 Å². The predicted octanol–water partition coefficient (Wildman–Crippen LogP) is 3.36. The van der Waals surface area contributed by atoms with Crippen molar-refractivity contribution in [2.75, 3.05) is 53.6 Å². The molecule has 0 radical (unpaired) electrons. The Morgan fingerprint density at radius 2 is 1.81 bits per heavy atom. The first kappa shape index (κ1) is 28.3. The van der Waals surface area contributed by atoms with Gasteiger partial charge in [-0.15, -0.1) is 0 Å². The van der Waals surface area contributed by atoms with Crippen LogP contribution in [0.5, 0.6) is 5.75 Å². The number of methoxy groups -OCH3 is 1. The van der Waals surface area contributed by atoms with E-state index in [2.05, 4.69) is 5.32 Å². The van der Waals surface area contributed by atoms with Gasteiger partial charge in [-0.05, 0) is 93.5 Å². The quantitative estimate of drug-likeness (QED) is 0.437. The number of ether oxygens (including phenoxy) is 2. The molecule has 0 aromatic heterocycles. The molecule has 1 aromatic rings. The number of benzene rings is 1. The molecular weight excluding hydrogens is 490 g/mol. The van der Waals surface area contributed by atoms with E-state index in [1.165, 1.54) is 55.7 Å². The topological polar surface area (TPSA) is 88.2 Å². The first-order valence-corrected chi connectivity index (χ1v) is 15.4. The third-order valence-corrected chi connectivity index (χ3v) is 10.6. The van der Waals surface area contributed by atoms with Crippen molar-refractivity contribution in [2.24, 2.45) is 11.8 Å². The van der Waals surface area contributed by atoms with Gasteiger partial charge in [0, 0.05) is 32.7 Å². The molecule has 4 rings (SSSR count). The molecule has 9 heteroatoms. The Bertz CT molecular complexity index is 1020. The number of carbonyl (C=O) groups excluding carboxylic acids is 1. The van der Waals surface area contributed by atoms with E-state index in [1.807, 2.05) is 13.1 Å². The lowest BCUT2D eigenvalue weighted by Gasteiger charge is -2.32. The van der Waals surface area contributed by atoms with Gasteiger partial charge >= 0.3 is 0 Å². The van der Waals surface area contributed by atoms with Crippen molar-refractivity contribution >= 4 is 15.9 Å². The molecular formula is C28H45N3O5S. The van der Waals surface area contributed by atoms with E-state index in [-0.39, 0.29) is 25.7 Å². The van der Waals surface area contributed by atoms with Gasteiger partial charge < -0.3 is 19.7 Å². The number of hydrogen-bond acceptors (Lipinski definition) is 6. The first-order chi connectivity index (χ1) is 17.8. The van der Waals surface area contributed by atoms with Gasteiger partial charge in [0.15, 0.2) is 0 Å². The lowest BCUT2D eigenvalue weighted by atomic mass is 9.81. The van der Waals surface area contributed by atoms with E-state index in [0.29, 0.717) is 35.1 Å². The van der Waals surface area contributed by atoms with E-state index in [1.54, 1.807) is 25.0 Å². The standard InChI is InChI=1S/C28H45N3O5S/c1-21-16-26(35-3)17-24-12-13-31(37(33,34)28(21)24)14-15-36-20-27(32)30(2)19-23-10-8-22(9-11-23)18-29-25-6-4-5-7-25/h16-17,22-23,25,29H,4-15,18-20H2,1-3H3/t22-,23-. The lowest BCUT2D eigenvalue weighted by Crippen LogP contribution is -2.40. The third-order valence-electron chi connectivity index (χ3n) is 8.47. The molecule has 2 fully saturated rings. The van der Waals surface area contributed by atoms with Crippen LogP contribution in [-0.4, -0.2) is 83.1 Å². The summed E-state index contributed by atoms with van der Waals surface area (Å²) in [6.45, 7) is 4.53. The molecule has 3 aliphatic rings. The number of carbonyl (C=O) groups is 1. The summed E-state index contributed by atoms with van der Waals surface area (Å²) in [5, 5.41) is 3.77. The second-order valence-corrected chi connectivity index (χ2v) is 13.1. The fourth-order valence-corrected chi connectivity index (χ4v) is 8.08. The summed E-state index contributed by atoms with van der Waals surface area (Å²) < 4.78 is 38.7. The molecule has 1 aromatic carbocycles. The van der Waals surface area contributed by atoms with E-state index in [9.17, 15) is 13.2 Å². The molecule has 0 spiro atoms. The Morgan fingerprint density at radius 1 is 1.11 bits per heavy atom. The molecule has 0 saturated heterocycles. The minimum atomic E-state index is -3.59. The zero-order valence-corrected chi connectivity index (χ0v) is 23.7. The van der Waals surface area contributed by atoms with Crippen molar-refractivity contribution in [1.29, 1.82) is 0 Å². The molecule has 2 aliphatic carbocycles. The highest BCUT2D eigenvalue weighted by Crippen LogP contribution is 2.33. The average Bonchev–Trinajstić information content (AvgIpc) is 3.40. The Kier molecular flexibility index (Phi) is 9.89. The Hall–Kier alpha value is -1.68. The number of likely N-dealkylation sites (N-methyl/N-ethyl adjacent to an activating group) is 1. The minimum Gasteiger partial charge on any atom is -0.497 e. The smallest absolute Gasteiger partial charge is 0.248 e. The SMILES string of the molecule is COc1cc(C)c2c(c1)CCN(CCOCC(=O)N(C)C[C@H]1CC[C@H](CNC3CCCC3)CC1)S2(=O)=O. The largest absolute Gasteiger partial charge is 0.497 e. The number of amides is 1. The molecule has 8 nitrogen and oxygen atoms in total. The van der Waals surface area contributed by atoms with Crippen LogP contribution in [0.25, 0.3) is 0 Å². The minimum absolute atomic E-state index is 0.0160. The van der Waals surface area contributed by atoms with Gasteiger partial charge in [0.05, 0.1) is 18.6 Å². The molecule has 1 N–H and O–H groups in total. The van der Waals surface area contributed by atoms with Gasteiger partial charge in [0.2, 0.25) is 15.9 Å². The maximum absolute atomic E-state index is 13.2. The van der Waals surface area contributed by atoms with Gasteiger partial charge in [0.1, 0.15) is 12.4 Å². The monoisotopic (exact) mass is 535 g/mol. The highest BCUT2D eigenvalue weighted by atomic mass is 32.2. The Morgan fingerprint density at radius 3 is 2.51 bits per heavy atom. The van der Waals surface area contributed by atoms with Crippen molar-refractivity contribution < 1.29 is 22.7 Å². The summed E-state index contributed by atoms with van der Waals surface area (Å²) >= 11 is 0. The van der Waals surface area contributed by atoms with Crippen LogP contribution in [0.15, 0.2) is 17.0 Å². The van der Waals surface area contributed by atoms with Gasteiger partial charge in [-0.25, -0.2) is 8.42 Å². The summed E-state index contributed by atoms with van der Waals surface area (Å²) in [4.78, 5) is 14.8. The van der Waals surface area contributed by atoms with Crippen LogP contribution in [0.3, 0.4) is 0 Å². The van der Waals surface area contributed by atoms with Gasteiger partial charge in [-0.3, -0.25) is 4.79 Å². The van der Waals surface area contributed by atoms with Crippen LogP contribution in [-0.2, 0) is 26.0 Å². The highest BCUT2D eigenvalue weighted by Gasteiger charge is 2.33. The fraction of sp³-hybridized carbons (Fsp3) is 0.750. The number of hydrogen-bond donors (Lipinski definition) is 1. The summed E-state index contributed by atoms with van der Waals surface area (Å²) in [7, 11) is -0.156. The average molecular weight is 536 g/mol. The number of rotatable bonds is 11. The molecule has 1 aliphatic heterocycles. The molecule has 37 heavy (non-hydrogen) atoms. The number of nitrogens with one attached hydrogen (secondary N) is 1. The number of nitrogens with zero attached hydrogens (tertiary/aromatic N) is 2.